The summed E-state index contributed by atoms with van der Waals surface area (Å²) in [4.78, 5) is 52.6. The smallest absolute Gasteiger partial charge is 0.340 e. The summed E-state index contributed by atoms with van der Waals surface area (Å²) in [6.07, 6.45) is 4.02. The molecule has 1 fully saturated rings. The second kappa shape index (κ2) is 8.57. The van der Waals surface area contributed by atoms with E-state index in [-0.39, 0.29) is 45.7 Å². The first-order chi connectivity index (χ1) is 15.3. The Morgan fingerprint density at radius 1 is 0.969 bits per heavy atom. The van der Waals surface area contributed by atoms with Crippen LogP contribution in [0.4, 0.5) is 5.69 Å². The molecule has 2 aromatic rings. The first kappa shape index (κ1) is 21.7. The molecule has 7 nitrogen and oxygen atoms in total. The molecule has 0 aromatic heterocycles. The van der Waals surface area contributed by atoms with Crippen LogP contribution in [0, 0.1) is 5.92 Å². The first-order valence-corrected chi connectivity index (χ1v) is 10.8. The maximum atomic E-state index is 13.0. The number of fused-ring (bicyclic) bond motifs is 2. The fourth-order valence-corrected chi connectivity index (χ4v) is 4.53. The van der Waals surface area contributed by atoms with Crippen LogP contribution in [0.5, 0.6) is 0 Å². The maximum Gasteiger partial charge on any atom is 0.340 e. The predicted molar refractivity (Wildman–Crippen MR) is 119 cm³/mol. The molecule has 0 spiro atoms. The number of rotatable bonds is 4. The van der Waals surface area contributed by atoms with Crippen molar-refractivity contribution in [2.24, 2.45) is 5.92 Å². The molecule has 0 heterocycles. The van der Waals surface area contributed by atoms with Crippen LogP contribution in [0.25, 0.3) is 0 Å². The number of nitrogens with zero attached hydrogens (tertiary/aromatic N) is 1. The normalized spacial score (nSPS) is 19.7. The molecule has 166 valence electrons. The number of hydrogen-bond acceptors (Lipinski definition) is 6. The minimum absolute atomic E-state index is 0.00270. The van der Waals surface area contributed by atoms with Gasteiger partial charge in [0.15, 0.2) is 18.2 Å². The summed E-state index contributed by atoms with van der Waals surface area (Å²) in [5, 5.41) is 0. The summed E-state index contributed by atoms with van der Waals surface area (Å²) in [6.45, 7) is 1.80. The van der Waals surface area contributed by atoms with Crippen molar-refractivity contribution >= 4 is 29.1 Å². The summed E-state index contributed by atoms with van der Waals surface area (Å²) in [5.74, 6) is -1.15. The standard InChI is InChI=1S/C25H26N2O5/c1-14-7-9-15(10-8-14)27(2)20(28)13-32-25(31)19-12-11-18-21(22(19)26)24(30)17-6-4-3-5-16(17)23(18)29/h3-6,11-12,14-15H,7-10,13,26H2,1-2H3. The van der Waals surface area contributed by atoms with E-state index in [2.05, 4.69) is 6.92 Å². The molecule has 0 saturated heterocycles. The molecule has 0 radical (unpaired) electrons. The molecule has 32 heavy (non-hydrogen) atoms. The highest BCUT2D eigenvalue weighted by Crippen LogP contribution is 2.33. The van der Waals surface area contributed by atoms with Gasteiger partial charge in [-0.05, 0) is 43.7 Å². The lowest BCUT2D eigenvalue weighted by Gasteiger charge is -2.33. The van der Waals surface area contributed by atoms with E-state index in [1.54, 1.807) is 36.2 Å². The summed E-state index contributed by atoms with van der Waals surface area (Å²) < 4.78 is 5.22. The van der Waals surface area contributed by atoms with Crippen molar-refractivity contribution in [1.82, 2.24) is 4.90 Å². The largest absolute Gasteiger partial charge is 0.452 e. The molecule has 1 saturated carbocycles. The first-order valence-electron chi connectivity index (χ1n) is 10.8. The highest BCUT2D eigenvalue weighted by Gasteiger charge is 2.33. The maximum absolute atomic E-state index is 13.0. The number of esters is 1. The average Bonchev–Trinajstić information content (AvgIpc) is 2.80. The molecule has 7 heteroatoms. The molecule has 0 aliphatic heterocycles. The van der Waals surface area contributed by atoms with E-state index in [1.165, 1.54) is 12.1 Å². The van der Waals surface area contributed by atoms with Crippen molar-refractivity contribution in [2.45, 2.75) is 38.6 Å². The number of likely N-dealkylation sites (N-methyl/N-ethyl adjacent to an activating group) is 1. The van der Waals surface area contributed by atoms with Crippen molar-refractivity contribution in [3.8, 4) is 0 Å². The Labute approximate surface area is 186 Å². The minimum Gasteiger partial charge on any atom is -0.452 e. The molecule has 0 bridgehead atoms. The summed E-state index contributed by atoms with van der Waals surface area (Å²) in [6, 6.07) is 9.43. The van der Waals surface area contributed by atoms with E-state index in [1.807, 2.05) is 0 Å². The van der Waals surface area contributed by atoms with Crippen molar-refractivity contribution in [3.05, 3.63) is 64.2 Å². The number of nitrogens with two attached hydrogens (primary N) is 1. The van der Waals surface area contributed by atoms with Crippen LogP contribution in [0.2, 0.25) is 0 Å². The lowest BCUT2D eigenvalue weighted by atomic mass is 9.82. The fourth-order valence-electron chi connectivity index (χ4n) is 4.53. The number of amides is 1. The van der Waals surface area contributed by atoms with Crippen LogP contribution in [0.1, 0.15) is 74.8 Å². The molecule has 0 atom stereocenters. The lowest BCUT2D eigenvalue weighted by Crippen LogP contribution is -2.41. The molecule has 0 unspecified atom stereocenters. The van der Waals surface area contributed by atoms with Gasteiger partial charge in [-0.25, -0.2) is 4.79 Å². The molecular weight excluding hydrogens is 408 g/mol. The molecule has 2 aliphatic carbocycles. The Morgan fingerprint density at radius 3 is 2.25 bits per heavy atom. The zero-order valence-electron chi connectivity index (χ0n) is 18.2. The summed E-state index contributed by atoms with van der Waals surface area (Å²) in [5.41, 5.74) is 6.72. The fraction of sp³-hybridized carbons (Fsp3) is 0.360. The Morgan fingerprint density at radius 2 is 1.59 bits per heavy atom. The number of carbonyl (C=O) groups excluding carboxylic acids is 4. The van der Waals surface area contributed by atoms with Gasteiger partial charge in [0.1, 0.15) is 0 Å². The molecule has 4 rings (SSSR count). The van der Waals surface area contributed by atoms with Gasteiger partial charge in [0.2, 0.25) is 0 Å². The van der Waals surface area contributed by atoms with Crippen molar-refractivity contribution in [3.63, 3.8) is 0 Å². The van der Waals surface area contributed by atoms with Gasteiger partial charge in [0.25, 0.3) is 5.91 Å². The Balaban J connectivity index is 1.49. The minimum atomic E-state index is -0.802. The van der Waals surface area contributed by atoms with E-state index in [0.29, 0.717) is 11.5 Å². The zero-order valence-corrected chi connectivity index (χ0v) is 18.2. The van der Waals surface area contributed by atoms with E-state index >= 15 is 0 Å². The Kier molecular flexibility index (Phi) is 5.82. The van der Waals surface area contributed by atoms with Gasteiger partial charge in [-0.15, -0.1) is 0 Å². The molecule has 2 N–H and O–H groups in total. The van der Waals surface area contributed by atoms with Crippen LogP contribution in [-0.4, -0.2) is 48.0 Å². The van der Waals surface area contributed by atoms with Crippen molar-refractivity contribution in [2.75, 3.05) is 19.4 Å². The van der Waals surface area contributed by atoms with E-state index in [0.717, 1.165) is 25.7 Å². The van der Waals surface area contributed by atoms with Gasteiger partial charge >= 0.3 is 5.97 Å². The number of carbonyl (C=O) groups is 4. The number of nitrogen functional groups attached to an aromatic ring is 1. The van der Waals surface area contributed by atoms with Crippen LogP contribution in [0.15, 0.2) is 36.4 Å². The van der Waals surface area contributed by atoms with Gasteiger partial charge in [-0.1, -0.05) is 31.2 Å². The topological polar surface area (TPSA) is 107 Å². The molecular formula is C25H26N2O5. The van der Waals surface area contributed by atoms with E-state index < -0.39 is 18.4 Å². The zero-order chi connectivity index (χ0) is 23.0. The number of hydrogen-bond donors (Lipinski definition) is 1. The lowest BCUT2D eigenvalue weighted by molar-refractivity contribution is -0.136. The SMILES string of the molecule is CC1CCC(N(C)C(=O)COC(=O)c2ccc3c(c2N)C(=O)c2ccccc2C3=O)CC1. The molecule has 2 aliphatic rings. The molecule has 2 aromatic carbocycles. The van der Waals surface area contributed by atoms with Gasteiger partial charge in [-0.3, -0.25) is 14.4 Å². The number of ketones is 2. The third-order valence-corrected chi connectivity index (χ3v) is 6.61. The Hall–Kier alpha value is -3.48. The summed E-state index contributed by atoms with van der Waals surface area (Å²) >= 11 is 0. The quantitative estimate of drug-likeness (QED) is 0.499. The third kappa shape index (κ3) is 3.79. The number of benzene rings is 2. The van der Waals surface area contributed by atoms with Crippen molar-refractivity contribution < 1.29 is 23.9 Å². The second-order valence-corrected chi connectivity index (χ2v) is 8.65. The monoisotopic (exact) mass is 434 g/mol. The number of anilines is 1. The van der Waals surface area contributed by atoms with Gasteiger partial charge < -0.3 is 15.4 Å². The van der Waals surface area contributed by atoms with E-state index in [4.69, 9.17) is 10.5 Å². The summed E-state index contributed by atoms with van der Waals surface area (Å²) in [7, 11) is 1.73. The van der Waals surface area contributed by atoms with E-state index in [9.17, 15) is 19.2 Å². The van der Waals surface area contributed by atoms with Crippen LogP contribution >= 0.6 is 0 Å². The van der Waals surface area contributed by atoms with Crippen molar-refractivity contribution in [1.29, 1.82) is 0 Å². The average molecular weight is 434 g/mol. The van der Waals surface area contributed by atoms with Gasteiger partial charge in [0.05, 0.1) is 16.8 Å². The van der Waals surface area contributed by atoms with Crippen LogP contribution in [-0.2, 0) is 9.53 Å². The number of ether oxygens (including phenoxy) is 1. The predicted octanol–water partition coefficient (Wildman–Crippen LogP) is 3.24. The van der Waals surface area contributed by atoms with Crippen LogP contribution in [0.3, 0.4) is 0 Å². The third-order valence-electron chi connectivity index (χ3n) is 6.61. The second-order valence-electron chi connectivity index (χ2n) is 8.65. The Bertz CT molecular complexity index is 1120. The van der Waals surface area contributed by atoms with Crippen LogP contribution < -0.4 is 5.73 Å². The molecule has 1 amide bonds. The highest BCUT2D eigenvalue weighted by atomic mass is 16.5. The van der Waals surface area contributed by atoms with Gasteiger partial charge in [0, 0.05) is 29.8 Å². The highest BCUT2D eigenvalue weighted by molar-refractivity contribution is 6.30. The van der Waals surface area contributed by atoms with Gasteiger partial charge in [-0.2, -0.15) is 0 Å².